The average molecular weight is 746 g/mol. The number of aliphatic hydroxyl groups is 2. The molecule has 0 radical (unpaired) electrons. The van der Waals surface area contributed by atoms with Gasteiger partial charge in [0, 0.05) is 0 Å². The van der Waals surface area contributed by atoms with Crippen molar-refractivity contribution in [3.05, 3.63) is 0 Å². The minimum absolute atomic E-state index is 0.0142. The second kappa shape index (κ2) is 16.9. The Bertz CT molecular complexity index is 378. The van der Waals surface area contributed by atoms with Crippen molar-refractivity contribution in [3.8, 4) is 11.8 Å². The van der Waals surface area contributed by atoms with Gasteiger partial charge < -0.3 is 19.7 Å². The zero-order valence-electron chi connectivity index (χ0n) is 16.7. The molecular weight excluding hydrogens is 712 g/mol. The van der Waals surface area contributed by atoms with Gasteiger partial charge in [-0.1, -0.05) is 39.5 Å². The van der Waals surface area contributed by atoms with Crippen LogP contribution in [0.5, 0.6) is 0 Å². The van der Waals surface area contributed by atoms with Gasteiger partial charge in [-0.05, 0) is 38.5 Å². The fraction of sp³-hybridized carbons (Fsp3) is 0.889. The molecule has 4 nitrogen and oxygen atoms in total. The summed E-state index contributed by atoms with van der Waals surface area (Å²) in [5, 5.41) is 18.0. The first-order chi connectivity index (χ1) is 11.9. The predicted octanol–water partition coefficient (Wildman–Crippen LogP) is 5.27. The SMILES string of the molecule is CC(C)CC(C)(C#CC(C)(CC(C)C)OCCO)OCCO.[I][V]([I])[I]. The molecule has 0 aliphatic heterocycles. The van der Waals surface area contributed by atoms with Crippen LogP contribution in [0.25, 0.3) is 0 Å². The molecular formula is C18H34I3O4V. The van der Waals surface area contributed by atoms with E-state index in [0.717, 1.165) is 12.8 Å². The number of hydrogen-bond donors (Lipinski definition) is 2. The molecule has 2 N–H and O–H groups in total. The van der Waals surface area contributed by atoms with Crippen LogP contribution >= 0.6 is 59.9 Å². The molecule has 0 spiro atoms. The second-order valence-corrected chi connectivity index (χ2v) is 42.6. The molecule has 0 aromatic carbocycles. The van der Waals surface area contributed by atoms with Crippen LogP contribution in [-0.2, 0) is 14.4 Å². The molecule has 8 heteroatoms. The van der Waals surface area contributed by atoms with E-state index in [4.69, 9.17) is 19.7 Å². The minimum atomic E-state index is -0.599. The molecule has 2 atom stereocenters. The molecule has 0 amide bonds. The summed E-state index contributed by atoms with van der Waals surface area (Å²) in [6.45, 7) is 12.9. The molecule has 156 valence electrons. The molecule has 0 fully saturated rings. The van der Waals surface area contributed by atoms with Gasteiger partial charge in [0.25, 0.3) is 0 Å². The number of halogens is 3. The Morgan fingerprint density at radius 2 is 1.08 bits per heavy atom. The number of rotatable bonds is 10. The maximum atomic E-state index is 9.00. The van der Waals surface area contributed by atoms with Gasteiger partial charge in [-0.2, -0.15) is 0 Å². The van der Waals surface area contributed by atoms with Gasteiger partial charge in [-0.3, -0.25) is 0 Å². The summed E-state index contributed by atoms with van der Waals surface area (Å²) >= 11 is 7.39. The Balaban J connectivity index is 0. The Morgan fingerprint density at radius 1 is 0.808 bits per heavy atom. The zero-order valence-corrected chi connectivity index (χ0v) is 24.6. The predicted molar refractivity (Wildman–Crippen MR) is 132 cm³/mol. The Hall–Kier alpha value is 2.17. The maximum absolute atomic E-state index is 9.00. The molecule has 0 rings (SSSR count). The molecule has 0 aromatic heterocycles. The van der Waals surface area contributed by atoms with Crippen LogP contribution in [0.2, 0.25) is 0 Å². The summed E-state index contributed by atoms with van der Waals surface area (Å²) in [7, 11) is 0. The van der Waals surface area contributed by atoms with E-state index in [1.165, 1.54) is 0 Å². The molecule has 0 bridgehead atoms. The van der Waals surface area contributed by atoms with E-state index < -0.39 is 11.2 Å². The van der Waals surface area contributed by atoms with E-state index in [-0.39, 0.29) is 31.3 Å². The summed E-state index contributed by atoms with van der Waals surface area (Å²) in [5.41, 5.74) is -1.20. The van der Waals surface area contributed by atoms with Crippen molar-refractivity contribution in [2.75, 3.05) is 26.4 Å². The number of aliphatic hydroxyl groups excluding tert-OH is 2. The van der Waals surface area contributed by atoms with E-state index in [1.54, 1.807) is 0 Å². The van der Waals surface area contributed by atoms with E-state index in [0.29, 0.717) is 11.8 Å². The van der Waals surface area contributed by atoms with E-state index in [2.05, 4.69) is 99.5 Å². The first-order valence-electron chi connectivity index (χ1n) is 8.71. The normalized spacial score (nSPS) is 15.8. The van der Waals surface area contributed by atoms with Crippen molar-refractivity contribution in [2.45, 2.75) is 65.6 Å². The van der Waals surface area contributed by atoms with Crippen molar-refractivity contribution in [3.63, 3.8) is 0 Å². The van der Waals surface area contributed by atoms with Crippen molar-refractivity contribution in [1.82, 2.24) is 0 Å². The van der Waals surface area contributed by atoms with Crippen LogP contribution in [0, 0.1) is 23.7 Å². The van der Waals surface area contributed by atoms with Gasteiger partial charge in [-0.15, -0.1) is 0 Å². The third-order valence-electron chi connectivity index (χ3n) is 3.21. The average Bonchev–Trinajstić information content (AvgIpc) is 2.47. The fourth-order valence-electron chi connectivity index (χ4n) is 2.66. The van der Waals surface area contributed by atoms with Crippen LogP contribution in [0.3, 0.4) is 0 Å². The van der Waals surface area contributed by atoms with Crippen LogP contribution in [-0.4, -0.2) is 47.8 Å². The van der Waals surface area contributed by atoms with Crippen molar-refractivity contribution >= 4 is 59.9 Å². The van der Waals surface area contributed by atoms with E-state index in [9.17, 15) is 0 Å². The molecule has 26 heavy (non-hydrogen) atoms. The summed E-state index contributed by atoms with van der Waals surface area (Å²) in [4.78, 5) is -0.278. The molecule has 0 saturated carbocycles. The summed E-state index contributed by atoms with van der Waals surface area (Å²) in [6, 6.07) is 0. The second-order valence-electron chi connectivity index (χ2n) is 7.24. The van der Waals surface area contributed by atoms with Gasteiger partial charge >= 0.3 is 64.9 Å². The van der Waals surface area contributed by atoms with E-state index >= 15 is 0 Å². The Labute approximate surface area is 198 Å². The molecule has 0 heterocycles. The summed E-state index contributed by atoms with van der Waals surface area (Å²) in [5.74, 6) is 7.33. The third kappa shape index (κ3) is 19.5. The van der Waals surface area contributed by atoms with E-state index in [1.807, 2.05) is 13.8 Å². The monoisotopic (exact) mass is 746 g/mol. The first-order valence-corrected chi connectivity index (χ1v) is 22.2. The van der Waals surface area contributed by atoms with Gasteiger partial charge in [0.05, 0.1) is 26.4 Å². The van der Waals surface area contributed by atoms with Crippen LogP contribution in [0.1, 0.15) is 54.4 Å². The van der Waals surface area contributed by atoms with Crippen LogP contribution < -0.4 is 0 Å². The third-order valence-corrected chi connectivity index (χ3v) is 3.21. The van der Waals surface area contributed by atoms with Gasteiger partial charge in [-0.25, -0.2) is 0 Å². The standard InChI is InChI=1S/C18H34O4.3HI.V/c1-15(2)13-17(5,21-11-9-19)7-8-18(6,14-16(3)4)22-12-10-20;;;;/h15-16,19-20H,9-14H2,1-6H3;3*1H;/q;;;;+3/p-3. The Kier molecular flexibility index (Phi) is 19.8. The molecule has 0 saturated heterocycles. The molecule has 2 unspecified atom stereocenters. The fourth-order valence-corrected chi connectivity index (χ4v) is 2.66. The number of hydrogen-bond acceptors (Lipinski definition) is 4. The summed E-state index contributed by atoms with van der Waals surface area (Å²) in [6.07, 6.45) is 1.58. The van der Waals surface area contributed by atoms with Crippen LogP contribution in [0.4, 0.5) is 0 Å². The van der Waals surface area contributed by atoms with Gasteiger partial charge in [0.1, 0.15) is 11.2 Å². The van der Waals surface area contributed by atoms with Gasteiger partial charge in [0.2, 0.25) is 0 Å². The quantitative estimate of drug-likeness (QED) is 0.237. The molecule has 0 aliphatic rings. The topological polar surface area (TPSA) is 58.9 Å². The van der Waals surface area contributed by atoms with Crippen molar-refractivity contribution in [1.29, 1.82) is 0 Å². The number of ether oxygens (including phenoxy) is 2. The first kappa shape index (κ1) is 30.4. The van der Waals surface area contributed by atoms with Crippen molar-refractivity contribution < 1.29 is 24.6 Å². The van der Waals surface area contributed by atoms with Crippen molar-refractivity contribution in [2.24, 2.45) is 11.8 Å². The Morgan fingerprint density at radius 3 is 1.27 bits per heavy atom. The molecule has 0 aromatic rings. The zero-order chi connectivity index (χ0) is 20.8. The summed E-state index contributed by atoms with van der Waals surface area (Å²) < 4.78 is 11.5. The molecule has 0 aliphatic carbocycles. The van der Waals surface area contributed by atoms with Gasteiger partial charge in [0.15, 0.2) is 0 Å². The van der Waals surface area contributed by atoms with Crippen LogP contribution in [0.15, 0.2) is 0 Å².